The van der Waals surface area contributed by atoms with Crippen molar-refractivity contribution in [3.05, 3.63) is 35.9 Å². The highest BCUT2D eigenvalue weighted by Crippen LogP contribution is 2.22. The van der Waals surface area contributed by atoms with Crippen molar-refractivity contribution in [1.82, 2.24) is 10.4 Å². The Labute approximate surface area is 135 Å². The Balaban J connectivity index is 1.88. The molecule has 1 aromatic rings. The molecule has 0 radical (unpaired) electrons. The molecule has 1 heterocycles. The van der Waals surface area contributed by atoms with E-state index in [0.717, 1.165) is 10.6 Å². The topological polar surface area (TPSA) is 88.1 Å². The summed E-state index contributed by atoms with van der Waals surface area (Å²) in [5.41, 5.74) is 0.246. The van der Waals surface area contributed by atoms with Gasteiger partial charge in [0.15, 0.2) is 0 Å². The van der Waals surface area contributed by atoms with Crippen LogP contribution in [0.5, 0.6) is 0 Å². The normalized spacial score (nSPS) is 20.9. The van der Waals surface area contributed by atoms with E-state index in [1.54, 1.807) is 20.8 Å². The number of aliphatic hydroxyl groups is 1. The number of hydroxylamine groups is 2. The molecule has 2 N–H and O–H groups in total. The van der Waals surface area contributed by atoms with Gasteiger partial charge in [0.1, 0.15) is 24.3 Å². The van der Waals surface area contributed by atoms with Gasteiger partial charge in [-0.15, -0.1) is 0 Å². The zero-order chi connectivity index (χ0) is 17.0. The van der Waals surface area contributed by atoms with Gasteiger partial charge in [0.05, 0.1) is 6.61 Å². The summed E-state index contributed by atoms with van der Waals surface area (Å²) in [4.78, 5) is 29.2. The Morgan fingerprint density at radius 3 is 2.52 bits per heavy atom. The Bertz CT molecular complexity index is 555. The summed E-state index contributed by atoms with van der Waals surface area (Å²) >= 11 is 0. The fourth-order valence-corrected chi connectivity index (χ4v) is 2.17. The average molecular weight is 322 g/mol. The van der Waals surface area contributed by atoms with Crippen LogP contribution in [0.15, 0.2) is 30.3 Å². The molecule has 1 aromatic carbocycles. The molecule has 0 bridgehead atoms. The molecule has 23 heavy (non-hydrogen) atoms. The lowest BCUT2D eigenvalue weighted by atomic mass is 9.99. The van der Waals surface area contributed by atoms with Crippen molar-refractivity contribution >= 4 is 12.0 Å². The fraction of sp³-hybridized carbons (Fsp3) is 0.500. The highest BCUT2D eigenvalue weighted by Gasteiger charge is 2.49. The second-order valence-electron chi connectivity index (χ2n) is 6.30. The summed E-state index contributed by atoms with van der Waals surface area (Å²) in [5, 5.41) is 13.0. The first-order valence-electron chi connectivity index (χ1n) is 7.42. The number of nitrogens with one attached hydrogen (secondary N) is 1. The molecule has 2 unspecified atom stereocenters. The highest BCUT2D eigenvalue weighted by atomic mass is 16.7. The van der Waals surface area contributed by atoms with Crippen molar-refractivity contribution in [2.75, 3.05) is 6.61 Å². The third kappa shape index (κ3) is 4.43. The molecule has 0 aromatic heterocycles. The molecule has 1 aliphatic rings. The number of benzene rings is 1. The van der Waals surface area contributed by atoms with Crippen LogP contribution in [0.1, 0.15) is 26.3 Å². The van der Waals surface area contributed by atoms with Crippen LogP contribution in [0.3, 0.4) is 0 Å². The number of nitrogens with zero attached hydrogens (tertiary/aromatic N) is 1. The first-order valence-corrected chi connectivity index (χ1v) is 7.42. The Kier molecular flexibility index (Phi) is 5.23. The maximum atomic E-state index is 12.1. The molecule has 0 spiro atoms. The van der Waals surface area contributed by atoms with Gasteiger partial charge < -0.3 is 15.2 Å². The quantitative estimate of drug-likeness (QED) is 0.796. The van der Waals surface area contributed by atoms with E-state index in [1.807, 2.05) is 30.3 Å². The molecule has 1 aliphatic heterocycles. The van der Waals surface area contributed by atoms with Crippen LogP contribution in [0, 0.1) is 0 Å². The van der Waals surface area contributed by atoms with Crippen molar-refractivity contribution < 1.29 is 24.3 Å². The van der Waals surface area contributed by atoms with Gasteiger partial charge in [-0.25, -0.2) is 9.86 Å². The van der Waals surface area contributed by atoms with Gasteiger partial charge in [0.2, 0.25) is 0 Å². The Morgan fingerprint density at radius 1 is 1.30 bits per heavy atom. The number of alkyl carbamates (subject to hydrolysis) is 1. The van der Waals surface area contributed by atoms with Crippen LogP contribution in [-0.2, 0) is 21.0 Å². The van der Waals surface area contributed by atoms with Gasteiger partial charge in [0, 0.05) is 0 Å². The summed E-state index contributed by atoms with van der Waals surface area (Å²) in [6.45, 7) is 5.08. The van der Waals surface area contributed by atoms with Gasteiger partial charge in [-0.1, -0.05) is 30.3 Å². The summed E-state index contributed by atoms with van der Waals surface area (Å²) in [6.07, 6.45) is -0.697. The van der Waals surface area contributed by atoms with E-state index in [4.69, 9.17) is 9.57 Å². The first kappa shape index (κ1) is 17.2. The van der Waals surface area contributed by atoms with Gasteiger partial charge in [-0.05, 0) is 26.3 Å². The van der Waals surface area contributed by atoms with Crippen molar-refractivity contribution in [3.8, 4) is 0 Å². The molecule has 7 nitrogen and oxygen atoms in total. The van der Waals surface area contributed by atoms with E-state index < -0.39 is 29.7 Å². The Morgan fingerprint density at radius 2 is 1.96 bits per heavy atom. The molecule has 0 aliphatic carbocycles. The number of carbonyl (C=O) groups excluding carboxylic acids is 2. The number of β-lactam (4-membered cyclic amide) rings is 1. The molecular weight excluding hydrogens is 300 g/mol. The predicted molar refractivity (Wildman–Crippen MR) is 82.1 cm³/mol. The van der Waals surface area contributed by atoms with E-state index in [9.17, 15) is 14.7 Å². The second-order valence-corrected chi connectivity index (χ2v) is 6.30. The van der Waals surface area contributed by atoms with Gasteiger partial charge in [-0.2, -0.15) is 0 Å². The Hall–Kier alpha value is -2.12. The number of carbonyl (C=O) groups is 2. The minimum absolute atomic E-state index is 0.211. The van der Waals surface area contributed by atoms with E-state index in [2.05, 4.69) is 5.32 Å². The van der Waals surface area contributed by atoms with Crippen LogP contribution in [-0.4, -0.2) is 46.5 Å². The van der Waals surface area contributed by atoms with Crippen LogP contribution in [0.4, 0.5) is 4.79 Å². The number of rotatable bonds is 5. The zero-order valence-electron chi connectivity index (χ0n) is 13.5. The minimum atomic E-state index is -0.842. The third-order valence-corrected chi connectivity index (χ3v) is 3.24. The van der Waals surface area contributed by atoms with Crippen LogP contribution >= 0.6 is 0 Å². The first-order chi connectivity index (χ1) is 10.8. The number of ether oxygens (including phenoxy) is 1. The molecule has 1 fully saturated rings. The maximum Gasteiger partial charge on any atom is 0.408 e. The molecule has 7 heteroatoms. The number of amides is 2. The van der Waals surface area contributed by atoms with Crippen molar-refractivity contribution in [1.29, 1.82) is 0 Å². The average Bonchev–Trinajstić information content (AvgIpc) is 2.48. The van der Waals surface area contributed by atoms with Gasteiger partial charge in [0.25, 0.3) is 5.91 Å². The van der Waals surface area contributed by atoms with Crippen molar-refractivity contribution in [2.24, 2.45) is 0 Å². The molecule has 2 rings (SSSR count). The van der Waals surface area contributed by atoms with E-state index in [1.165, 1.54) is 0 Å². The molecule has 2 amide bonds. The lowest BCUT2D eigenvalue weighted by molar-refractivity contribution is -0.244. The van der Waals surface area contributed by atoms with Crippen molar-refractivity contribution in [2.45, 2.75) is 45.1 Å². The van der Waals surface area contributed by atoms with Crippen molar-refractivity contribution in [3.63, 3.8) is 0 Å². The zero-order valence-corrected chi connectivity index (χ0v) is 13.5. The van der Waals surface area contributed by atoms with Crippen LogP contribution in [0.25, 0.3) is 0 Å². The monoisotopic (exact) mass is 322 g/mol. The number of aliphatic hydroxyl groups excluding tert-OH is 1. The molecule has 2 atom stereocenters. The number of hydrogen-bond acceptors (Lipinski definition) is 5. The minimum Gasteiger partial charge on any atom is -0.444 e. The SMILES string of the molecule is CC(C)(C)OC(=O)NC1C(=O)N(OCc2ccccc2)C1CO. The van der Waals surface area contributed by atoms with Gasteiger partial charge >= 0.3 is 6.09 Å². The van der Waals surface area contributed by atoms with E-state index >= 15 is 0 Å². The van der Waals surface area contributed by atoms with Crippen LogP contribution in [0.2, 0.25) is 0 Å². The van der Waals surface area contributed by atoms with Crippen LogP contribution < -0.4 is 5.32 Å². The third-order valence-electron chi connectivity index (χ3n) is 3.24. The second kappa shape index (κ2) is 6.97. The summed E-state index contributed by atoms with van der Waals surface area (Å²) in [7, 11) is 0. The lowest BCUT2D eigenvalue weighted by Gasteiger charge is -2.44. The van der Waals surface area contributed by atoms with E-state index in [0.29, 0.717) is 0 Å². The highest BCUT2D eigenvalue weighted by molar-refractivity contribution is 5.91. The summed E-state index contributed by atoms with van der Waals surface area (Å²) < 4.78 is 5.11. The smallest absolute Gasteiger partial charge is 0.408 e. The molecule has 126 valence electrons. The largest absolute Gasteiger partial charge is 0.444 e. The maximum absolute atomic E-state index is 12.1. The summed E-state index contributed by atoms with van der Waals surface area (Å²) in [5.74, 6) is -0.411. The molecule has 1 saturated heterocycles. The fourth-order valence-electron chi connectivity index (χ4n) is 2.17. The predicted octanol–water partition coefficient (Wildman–Crippen LogP) is 1.21. The standard InChI is InChI=1S/C16H22N2O5/c1-16(2,3)23-15(21)17-13-12(9-19)18(14(13)20)22-10-11-7-5-4-6-8-11/h4-8,12-13,19H,9-10H2,1-3H3,(H,17,21). The molecule has 0 saturated carbocycles. The molecular formula is C16H22N2O5. The summed E-state index contributed by atoms with van der Waals surface area (Å²) in [6, 6.07) is 7.89. The number of hydrogen-bond donors (Lipinski definition) is 2. The lowest BCUT2D eigenvalue weighted by Crippen LogP contribution is -2.71. The van der Waals surface area contributed by atoms with E-state index in [-0.39, 0.29) is 13.2 Å². The van der Waals surface area contributed by atoms with Gasteiger partial charge in [-0.3, -0.25) is 9.63 Å².